The van der Waals surface area contributed by atoms with Gasteiger partial charge in [-0.25, -0.2) is 0 Å². The van der Waals surface area contributed by atoms with E-state index < -0.39 is 0 Å². The molecule has 0 aromatic heterocycles. The van der Waals surface area contributed by atoms with Gasteiger partial charge in [0.2, 0.25) is 5.91 Å². The largest absolute Gasteiger partial charge is 0.314 e. The summed E-state index contributed by atoms with van der Waals surface area (Å²) in [5, 5.41) is 5.99. The van der Waals surface area contributed by atoms with E-state index in [9.17, 15) is 4.79 Å². The van der Waals surface area contributed by atoms with Crippen LogP contribution in [0, 0.1) is 0 Å². The van der Waals surface area contributed by atoms with Crippen LogP contribution in [0.1, 0.15) is 0 Å². The molecule has 1 heterocycles. The van der Waals surface area contributed by atoms with Crippen LogP contribution >= 0.6 is 0 Å². The highest BCUT2D eigenvalue weighted by Gasteiger charge is 2.11. The van der Waals surface area contributed by atoms with Gasteiger partial charge in [-0.1, -0.05) is 6.58 Å². The molecule has 14 heavy (non-hydrogen) atoms. The summed E-state index contributed by atoms with van der Waals surface area (Å²) in [5.74, 6) is -0.0419. The fraction of sp³-hybridized carbons (Fsp3) is 0.667. The molecule has 1 fully saturated rings. The summed E-state index contributed by atoms with van der Waals surface area (Å²) in [5.41, 5.74) is 0. The molecule has 1 saturated heterocycles. The van der Waals surface area contributed by atoms with Crippen molar-refractivity contribution in [1.82, 2.24) is 20.4 Å². The monoisotopic (exact) mass is 200 g/mol. The molecule has 1 aliphatic heterocycles. The minimum Gasteiger partial charge on any atom is -0.314 e. The lowest BCUT2D eigenvalue weighted by molar-refractivity contribution is -0.127. The molecule has 0 aromatic rings. The molecule has 5 heteroatoms. The number of rotatable bonds is 1. The standard InChI is InChI=1S/C6H11N3O.C3H9N/c1-2-6(10)9-4-7-3-8-5-9;1-4(2)3/h2,7-8H,1,3-5H2;1-3H3. The second kappa shape index (κ2) is 7.49. The average Bonchev–Trinajstić information content (AvgIpc) is 2.17. The van der Waals surface area contributed by atoms with Crippen LogP contribution in [0.15, 0.2) is 12.7 Å². The predicted octanol–water partition coefficient (Wildman–Crippen LogP) is -0.756. The molecule has 0 bridgehead atoms. The summed E-state index contributed by atoms with van der Waals surface area (Å²) in [6.45, 7) is 5.37. The maximum absolute atomic E-state index is 10.9. The van der Waals surface area contributed by atoms with Crippen LogP contribution in [0.3, 0.4) is 0 Å². The van der Waals surface area contributed by atoms with Crippen molar-refractivity contribution in [3.63, 3.8) is 0 Å². The fourth-order valence-electron chi connectivity index (χ4n) is 0.811. The molecule has 0 atom stereocenters. The van der Waals surface area contributed by atoms with E-state index in [0.717, 1.165) is 6.67 Å². The quantitative estimate of drug-likeness (QED) is 0.547. The summed E-state index contributed by atoms with van der Waals surface area (Å²) < 4.78 is 0. The van der Waals surface area contributed by atoms with Gasteiger partial charge in [0, 0.05) is 6.67 Å². The van der Waals surface area contributed by atoms with Gasteiger partial charge in [0.05, 0.1) is 13.3 Å². The van der Waals surface area contributed by atoms with Gasteiger partial charge in [0.15, 0.2) is 0 Å². The summed E-state index contributed by atoms with van der Waals surface area (Å²) >= 11 is 0. The Morgan fingerprint density at radius 2 is 1.79 bits per heavy atom. The Bertz CT molecular complexity index is 173. The Balaban J connectivity index is 0.000000364. The van der Waals surface area contributed by atoms with Crippen LogP contribution in [0.25, 0.3) is 0 Å². The Labute approximate surface area is 85.8 Å². The molecule has 0 saturated carbocycles. The van der Waals surface area contributed by atoms with E-state index in [1.165, 1.54) is 6.08 Å². The third-order valence-electron chi connectivity index (χ3n) is 1.34. The number of hydrogen-bond acceptors (Lipinski definition) is 4. The molecule has 82 valence electrons. The van der Waals surface area contributed by atoms with Gasteiger partial charge < -0.3 is 9.80 Å². The van der Waals surface area contributed by atoms with Gasteiger partial charge in [-0.15, -0.1) is 0 Å². The van der Waals surface area contributed by atoms with Crippen molar-refractivity contribution in [3.05, 3.63) is 12.7 Å². The Hall–Kier alpha value is -0.910. The molecule has 1 amide bonds. The van der Waals surface area contributed by atoms with Crippen LogP contribution in [0.5, 0.6) is 0 Å². The van der Waals surface area contributed by atoms with E-state index in [1.807, 2.05) is 26.0 Å². The average molecular weight is 200 g/mol. The van der Waals surface area contributed by atoms with Crippen molar-refractivity contribution in [2.75, 3.05) is 41.1 Å². The molecule has 1 aliphatic rings. The van der Waals surface area contributed by atoms with Crippen molar-refractivity contribution in [1.29, 1.82) is 0 Å². The van der Waals surface area contributed by atoms with Crippen molar-refractivity contribution < 1.29 is 4.79 Å². The van der Waals surface area contributed by atoms with E-state index in [1.54, 1.807) is 4.90 Å². The SMILES string of the molecule is C=CC(=O)N1CNCNC1.CN(C)C. The van der Waals surface area contributed by atoms with Crippen molar-refractivity contribution in [3.8, 4) is 0 Å². The summed E-state index contributed by atoms with van der Waals surface area (Å²) in [6.07, 6.45) is 1.31. The second-order valence-electron chi connectivity index (χ2n) is 3.42. The summed E-state index contributed by atoms with van der Waals surface area (Å²) in [7, 11) is 6.00. The minimum absolute atomic E-state index is 0.0419. The molecule has 0 unspecified atom stereocenters. The molecule has 0 aliphatic carbocycles. The topological polar surface area (TPSA) is 47.6 Å². The number of amides is 1. The highest BCUT2D eigenvalue weighted by atomic mass is 16.2. The number of nitrogens with one attached hydrogen (secondary N) is 2. The number of carbonyl (C=O) groups excluding carboxylic acids is 1. The first-order chi connectivity index (χ1) is 6.57. The highest BCUT2D eigenvalue weighted by molar-refractivity contribution is 5.86. The van der Waals surface area contributed by atoms with Crippen LogP contribution in [0.2, 0.25) is 0 Å². The van der Waals surface area contributed by atoms with E-state index in [-0.39, 0.29) is 5.91 Å². The number of nitrogens with zero attached hydrogens (tertiary/aromatic N) is 2. The first-order valence-corrected chi connectivity index (χ1v) is 4.51. The Kier molecular flexibility index (Phi) is 7.00. The first kappa shape index (κ1) is 13.1. The van der Waals surface area contributed by atoms with Crippen molar-refractivity contribution in [2.45, 2.75) is 0 Å². The molecule has 1 rings (SSSR count). The van der Waals surface area contributed by atoms with Crippen LogP contribution in [-0.4, -0.2) is 56.9 Å². The van der Waals surface area contributed by atoms with Gasteiger partial charge in [-0.2, -0.15) is 0 Å². The van der Waals surface area contributed by atoms with Crippen molar-refractivity contribution in [2.24, 2.45) is 0 Å². The number of hydrogen-bond donors (Lipinski definition) is 2. The second-order valence-corrected chi connectivity index (χ2v) is 3.42. The van der Waals surface area contributed by atoms with E-state index in [0.29, 0.717) is 13.3 Å². The Morgan fingerprint density at radius 3 is 2.14 bits per heavy atom. The predicted molar refractivity (Wildman–Crippen MR) is 57.5 cm³/mol. The lowest BCUT2D eigenvalue weighted by atomic mass is 10.5. The summed E-state index contributed by atoms with van der Waals surface area (Å²) in [6, 6.07) is 0. The zero-order valence-corrected chi connectivity index (χ0v) is 9.21. The van der Waals surface area contributed by atoms with Crippen LogP contribution < -0.4 is 10.6 Å². The van der Waals surface area contributed by atoms with Gasteiger partial charge in [0.1, 0.15) is 0 Å². The van der Waals surface area contributed by atoms with Crippen LogP contribution in [-0.2, 0) is 4.79 Å². The van der Waals surface area contributed by atoms with E-state index in [4.69, 9.17) is 0 Å². The van der Waals surface area contributed by atoms with Gasteiger partial charge in [-0.3, -0.25) is 15.4 Å². The van der Waals surface area contributed by atoms with E-state index in [2.05, 4.69) is 17.2 Å². The van der Waals surface area contributed by atoms with Crippen LogP contribution in [0.4, 0.5) is 0 Å². The molecule has 0 aromatic carbocycles. The maximum atomic E-state index is 10.9. The third-order valence-corrected chi connectivity index (χ3v) is 1.34. The molecule has 2 N–H and O–H groups in total. The molecule has 5 nitrogen and oxygen atoms in total. The molecule has 0 radical (unpaired) electrons. The van der Waals surface area contributed by atoms with Gasteiger partial charge in [0.25, 0.3) is 0 Å². The maximum Gasteiger partial charge on any atom is 0.248 e. The highest BCUT2D eigenvalue weighted by Crippen LogP contribution is 1.88. The minimum atomic E-state index is -0.0419. The third kappa shape index (κ3) is 6.59. The van der Waals surface area contributed by atoms with Gasteiger partial charge in [-0.05, 0) is 27.2 Å². The zero-order valence-electron chi connectivity index (χ0n) is 9.21. The molecular formula is C9H20N4O. The number of carbonyl (C=O) groups is 1. The zero-order chi connectivity index (χ0) is 11.0. The lowest BCUT2D eigenvalue weighted by Crippen LogP contribution is -2.52. The van der Waals surface area contributed by atoms with Gasteiger partial charge >= 0.3 is 0 Å². The smallest absolute Gasteiger partial charge is 0.248 e. The molecule has 0 spiro atoms. The Morgan fingerprint density at radius 1 is 1.36 bits per heavy atom. The summed E-state index contributed by atoms with van der Waals surface area (Å²) in [4.78, 5) is 14.5. The van der Waals surface area contributed by atoms with Crippen molar-refractivity contribution >= 4 is 5.91 Å². The normalized spacial score (nSPS) is 15.9. The first-order valence-electron chi connectivity index (χ1n) is 4.51. The van der Waals surface area contributed by atoms with E-state index >= 15 is 0 Å². The fourth-order valence-corrected chi connectivity index (χ4v) is 0.811. The molecular weight excluding hydrogens is 180 g/mol. The lowest BCUT2D eigenvalue weighted by Gasteiger charge is -2.26.